The molecule has 0 spiro atoms. The van der Waals surface area contributed by atoms with Gasteiger partial charge in [-0.3, -0.25) is 14.9 Å². The Kier molecular flexibility index (Phi) is 11.6. The van der Waals surface area contributed by atoms with Gasteiger partial charge in [-0.05, 0) is 55.2 Å². The molecular weight excluding hydrogens is 444 g/mol. The lowest BCUT2D eigenvalue weighted by Gasteiger charge is -2.24. The molecule has 7 nitrogen and oxygen atoms in total. The minimum absolute atomic E-state index is 0.101. The van der Waals surface area contributed by atoms with Crippen LogP contribution in [0.15, 0.2) is 60.8 Å². The summed E-state index contributed by atoms with van der Waals surface area (Å²) < 4.78 is 0. The van der Waals surface area contributed by atoms with Crippen LogP contribution in [0.4, 0.5) is 0 Å². The van der Waals surface area contributed by atoms with Gasteiger partial charge in [-0.2, -0.15) is 9.59 Å². The number of benzene rings is 2. The topological polar surface area (TPSA) is 116 Å². The van der Waals surface area contributed by atoms with Crippen LogP contribution < -0.4 is 5.32 Å². The Hall–Kier alpha value is -3.54. The highest BCUT2D eigenvalue weighted by molar-refractivity contribution is 5.85. The van der Waals surface area contributed by atoms with Crippen LogP contribution in [0.3, 0.4) is 0 Å². The number of carbonyl (C=O) groups is 2. The average molecular weight is 479 g/mol. The molecule has 0 aliphatic heterocycles. The van der Waals surface area contributed by atoms with Gasteiger partial charge in [0.25, 0.3) is 0 Å². The highest BCUT2D eigenvalue weighted by Gasteiger charge is 2.26. The van der Waals surface area contributed by atoms with Gasteiger partial charge in [0.05, 0.1) is 6.04 Å². The second-order valence-corrected chi connectivity index (χ2v) is 9.03. The van der Waals surface area contributed by atoms with E-state index in [9.17, 15) is 14.7 Å². The fraction of sp³-hybridized carbons (Fsp3) is 0.393. The molecular formula is C28H34N2O5. The quantitative estimate of drug-likeness (QED) is 0.331. The minimum atomic E-state index is -0.902. The van der Waals surface area contributed by atoms with Gasteiger partial charge in [0.15, 0.2) is 0 Å². The number of fused-ring (bicyclic) bond motifs is 1. The van der Waals surface area contributed by atoms with Crippen molar-refractivity contribution >= 4 is 28.8 Å². The molecule has 0 saturated heterocycles. The van der Waals surface area contributed by atoms with E-state index < -0.39 is 18.1 Å². The van der Waals surface area contributed by atoms with Gasteiger partial charge in [-0.1, -0.05) is 62.4 Å². The molecule has 0 aliphatic carbocycles. The van der Waals surface area contributed by atoms with Crippen molar-refractivity contribution in [2.24, 2.45) is 5.92 Å². The van der Waals surface area contributed by atoms with E-state index in [4.69, 9.17) is 9.59 Å². The average Bonchev–Trinajstić information content (AvgIpc) is 3.25. The number of para-hydroxylation sites is 1. The Balaban J connectivity index is 0.00000137. The van der Waals surface area contributed by atoms with Crippen molar-refractivity contribution < 1.29 is 24.3 Å². The Labute approximate surface area is 205 Å². The third-order valence-electron chi connectivity index (χ3n) is 5.90. The first-order chi connectivity index (χ1) is 16.8. The maximum atomic E-state index is 13.0. The van der Waals surface area contributed by atoms with Crippen LogP contribution in [0.25, 0.3) is 10.9 Å². The molecule has 1 heterocycles. The number of aromatic nitrogens is 1. The number of H-pyrrole nitrogens is 1. The molecule has 0 radical (unpaired) electrons. The van der Waals surface area contributed by atoms with Crippen LogP contribution in [-0.4, -0.2) is 40.1 Å². The first-order valence-electron chi connectivity index (χ1n) is 12.0. The second kappa shape index (κ2) is 14.7. The predicted octanol–water partition coefficient (Wildman–Crippen LogP) is 4.57. The maximum Gasteiger partial charge on any atom is 0.373 e. The van der Waals surface area contributed by atoms with E-state index in [0.29, 0.717) is 31.6 Å². The minimum Gasteiger partial charge on any atom is -0.480 e. The molecule has 186 valence electrons. The number of nitrogens with one attached hydrogen (secondary N) is 2. The smallest absolute Gasteiger partial charge is 0.373 e. The molecule has 0 bridgehead atoms. The first-order valence-corrected chi connectivity index (χ1v) is 12.0. The number of aromatic amines is 1. The van der Waals surface area contributed by atoms with Crippen LogP contribution >= 0.6 is 0 Å². The van der Waals surface area contributed by atoms with Crippen molar-refractivity contribution in [1.82, 2.24) is 10.3 Å². The van der Waals surface area contributed by atoms with Gasteiger partial charge in [0, 0.05) is 23.5 Å². The van der Waals surface area contributed by atoms with Crippen LogP contribution in [0.5, 0.6) is 0 Å². The number of carboxylic acid groups (broad SMARTS) is 1. The number of hydrogen-bond acceptors (Lipinski definition) is 5. The molecule has 3 rings (SSSR count). The number of aliphatic carboxylic acids is 1. The number of hydrogen-bond donors (Lipinski definition) is 3. The summed E-state index contributed by atoms with van der Waals surface area (Å²) in [5.74, 6) is -0.501. The molecule has 2 aromatic carbocycles. The third kappa shape index (κ3) is 9.32. The van der Waals surface area contributed by atoms with E-state index in [1.165, 1.54) is 10.9 Å². The monoisotopic (exact) mass is 478 g/mol. The summed E-state index contributed by atoms with van der Waals surface area (Å²) in [4.78, 5) is 44.4. The third-order valence-corrected chi connectivity index (χ3v) is 5.90. The number of carboxylic acids is 1. The van der Waals surface area contributed by atoms with Gasteiger partial charge in [-0.15, -0.1) is 0 Å². The van der Waals surface area contributed by atoms with Crippen molar-refractivity contribution in [2.75, 3.05) is 0 Å². The van der Waals surface area contributed by atoms with Crippen LogP contribution in [0.2, 0.25) is 0 Å². The number of Topliss-reactive ketones (excluding diaryl/α,β-unsaturated/α-hetero) is 1. The zero-order valence-electron chi connectivity index (χ0n) is 20.3. The van der Waals surface area contributed by atoms with Crippen molar-refractivity contribution in [3.05, 3.63) is 71.9 Å². The summed E-state index contributed by atoms with van der Waals surface area (Å²) in [7, 11) is 0. The van der Waals surface area contributed by atoms with Crippen LogP contribution in [0, 0.1) is 5.92 Å². The summed E-state index contributed by atoms with van der Waals surface area (Å²) >= 11 is 0. The van der Waals surface area contributed by atoms with Crippen molar-refractivity contribution in [3.63, 3.8) is 0 Å². The predicted molar refractivity (Wildman–Crippen MR) is 134 cm³/mol. The Morgan fingerprint density at radius 1 is 0.971 bits per heavy atom. The molecule has 3 aromatic rings. The standard InChI is InChI=1S/C27H34N2O3.CO2/c1-19(2)17-25(29-24(27(31)32)16-15-20-9-4-3-5-10-20)26(30)14-8-11-21-18-28-23-13-7-6-12-22(21)23;2-1-3/h3-7,9-10,12-13,18-19,24-25,28-29H,8,11,14-17H2,1-2H3,(H,31,32);/t24-,25+;/m1./s1. The lowest BCUT2D eigenvalue weighted by Crippen LogP contribution is -2.48. The SMILES string of the molecule is CC(C)C[C@H](N[C@H](CCc1ccccc1)C(=O)O)C(=O)CCCc1c[nH]c2ccccc12.O=C=O. The lowest BCUT2D eigenvalue weighted by atomic mass is 9.94. The number of ketones is 1. The summed E-state index contributed by atoms with van der Waals surface area (Å²) in [6.45, 7) is 4.13. The lowest BCUT2D eigenvalue weighted by molar-refractivity contribution is -0.191. The van der Waals surface area contributed by atoms with Gasteiger partial charge >= 0.3 is 12.1 Å². The van der Waals surface area contributed by atoms with Gasteiger partial charge in [0.2, 0.25) is 0 Å². The van der Waals surface area contributed by atoms with Crippen molar-refractivity contribution in [2.45, 2.75) is 64.5 Å². The fourth-order valence-electron chi connectivity index (χ4n) is 4.21. The van der Waals surface area contributed by atoms with E-state index in [-0.39, 0.29) is 11.9 Å². The molecule has 7 heteroatoms. The molecule has 0 saturated carbocycles. The van der Waals surface area contributed by atoms with Crippen molar-refractivity contribution in [3.8, 4) is 0 Å². The maximum absolute atomic E-state index is 13.0. The second-order valence-electron chi connectivity index (χ2n) is 9.03. The van der Waals surface area contributed by atoms with Gasteiger partial charge < -0.3 is 10.1 Å². The van der Waals surface area contributed by atoms with E-state index in [1.807, 2.05) is 54.7 Å². The zero-order valence-corrected chi connectivity index (χ0v) is 20.3. The van der Waals surface area contributed by atoms with E-state index in [0.717, 1.165) is 23.9 Å². The van der Waals surface area contributed by atoms with Gasteiger partial charge in [-0.25, -0.2) is 0 Å². The van der Waals surface area contributed by atoms with Crippen LogP contribution in [0.1, 0.15) is 50.7 Å². The molecule has 35 heavy (non-hydrogen) atoms. The molecule has 0 amide bonds. The summed E-state index contributed by atoms with van der Waals surface area (Å²) in [6, 6.07) is 16.9. The molecule has 0 fully saturated rings. The van der Waals surface area contributed by atoms with Crippen molar-refractivity contribution in [1.29, 1.82) is 0 Å². The fourth-order valence-corrected chi connectivity index (χ4v) is 4.21. The Morgan fingerprint density at radius 2 is 1.63 bits per heavy atom. The number of rotatable bonds is 13. The highest BCUT2D eigenvalue weighted by Crippen LogP contribution is 2.20. The summed E-state index contributed by atoms with van der Waals surface area (Å²) in [6.07, 6.45) is 6.03. The molecule has 3 N–H and O–H groups in total. The molecule has 2 atom stereocenters. The highest BCUT2D eigenvalue weighted by atomic mass is 16.4. The Bertz CT molecular complexity index is 1100. The number of carbonyl (C=O) groups excluding carboxylic acids is 3. The summed E-state index contributed by atoms with van der Waals surface area (Å²) in [5, 5.41) is 14.1. The van der Waals surface area contributed by atoms with E-state index >= 15 is 0 Å². The zero-order chi connectivity index (χ0) is 25.6. The Morgan fingerprint density at radius 3 is 2.29 bits per heavy atom. The van der Waals surface area contributed by atoms with Gasteiger partial charge in [0.1, 0.15) is 11.8 Å². The van der Waals surface area contributed by atoms with E-state index in [1.54, 1.807) is 0 Å². The molecule has 1 aromatic heterocycles. The first kappa shape index (κ1) is 27.7. The largest absolute Gasteiger partial charge is 0.480 e. The molecule has 0 unspecified atom stereocenters. The number of aryl methyl sites for hydroxylation is 2. The van der Waals surface area contributed by atoms with Crippen LogP contribution in [-0.2, 0) is 32.0 Å². The molecule has 0 aliphatic rings. The summed E-state index contributed by atoms with van der Waals surface area (Å²) in [5.41, 5.74) is 3.43. The van der Waals surface area contributed by atoms with E-state index in [2.05, 4.69) is 30.2 Å². The normalized spacial score (nSPS) is 12.4.